The molecule has 9 heteroatoms. The normalized spacial score (nSPS) is 13.6. The van der Waals surface area contributed by atoms with Crippen LogP contribution < -0.4 is 10.2 Å². The van der Waals surface area contributed by atoms with Crippen LogP contribution >= 0.6 is 0 Å². The first-order chi connectivity index (χ1) is 17.4. The lowest BCUT2D eigenvalue weighted by molar-refractivity contribution is 0.0797. The highest BCUT2D eigenvalue weighted by Gasteiger charge is 2.22. The van der Waals surface area contributed by atoms with Crippen molar-refractivity contribution in [3.63, 3.8) is 0 Å². The van der Waals surface area contributed by atoms with Crippen LogP contribution in [0.2, 0.25) is 0 Å². The summed E-state index contributed by atoms with van der Waals surface area (Å²) in [4.78, 5) is 37.5. The summed E-state index contributed by atoms with van der Waals surface area (Å²) in [5.74, 6) is 0.104. The van der Waals surface area contributed by atoms with E-state index in [4.69, 9.17) is 5.26 Å². The zero-order chi connectivity index (χ0) is 25.5. The molecule has 0 spiro atoms. The molecule has 8 nitrogen and oxygen atoms in total. The predicted octanol–water partition coefficient (Wildman–Crippen LogP) is 3.67. The van der Waals surface area contributed by atoms with Gasteiger partial charge in [0, 0.05) is 50.7 Å². The van der Waals surface area contributed by atoms with Crippen molar-refractivity contribution < 1.29 is 14.0 Å². The van der Waals surface area contributed by atoms with E-state index in [-0.39, 0.29) is 30.1 Å². The van der Waals surface area contributed by atoms with E-state index in [1.165, 1.54) is 23.2 Å². The zero-order valence-corrected chi connectivity index (χ0v) is 20.0. The molecule has 1 N–H and O–H groups in total. The molecule has 0 saturated carbocycles. The number of hydrogen-bond acceptors (Lipinski definition) is 6. The standard InChI is InChI=1S/C27H27FN6O2/c1-33(13-3-12-29)27(36)21-7-9-25(31-18-21)34-14-10-23(11-15-34)32-26(35)20-6-8-24(30-17-20)19-4-2-5-22(28)16-19/h2,4-9,16-18,23H,3,10-11,13-15H2,1H3,(H,32,35). The van der Waals surface area contributed by atoms with Gasteiger partial charge in [-0.05, 0) is 49.2 Å². The highest BCUT2D eigenvalue weighted by Crippen LogP contribution is 2.20. The van der Waals surface area contributed by atoms with E-state index < -0.39 is 0 Å². The number of hydrogen-bond donors (Lipinski definition) is 1. The van der Waals surface area contributed by atoms with Crippen molar-refractivity contribution in [2.45, 2.75) is 25.3 Å². The number of anilines is 1. The average Bonchev–Trinajstić information content (AvgIpc) is 2.92. The van der Waals surface area contributed by atoms with Crippen LogP contribution in [-0.4, -0.2) is 59.4 Å². The molecule has 1 aliphatic heterocycles. The number of carbonyl (C=O) groups excluding carboxylic acids is 2. The summed E-state index contributed by atoms with van der Waals surface area (Å²) in [6.07, 6.45) is 4.89. The van der Waals surface area contributed by atoms with Gasteiger partial charge in [0.1, 0.15) is 11.6 Å². The van der Waals surface area contributed by atoms with Gasteiger partial charge >= 0.3 is 0 Å². The first-order valence-electron chi connectivity index (χ1n) is 11.8. The van der Waals surface area contributed by atoms with E-state index >= 15 is 0 Å². The third kappa shape index (κ3) is 6.02. The van der Waals surface area contributed by atoms with E-state index in [0.29, 0.717) is 28.9 Å². The van der Waals surface area contributed by atoms with Crippen LogP contribution in [0.4, 0.5) is 10.2 Å². The van der Waals surface area contributed by atoms with Gasteiger partial charge in [-0.2, -0.15) is 5.26 Å². The number of piperidine rings is 1. The highest BCUT2D eigenvalue weighted by molar-refractivity contribution is 5.94. The summed E-state index contributed by atoms with van der Waals surface area (Å²) < 4.78 is 13.4. The molecule has 3 aromatic rings. The summed E-state index contributed by atoms with van der Waals surface area (Å²) in [6, 6.07) is 15.2. The summed E-state index contributed by atoms with van der Waals surface area (Å²) in [6.45, 7) is 1.83. The van der Waals surface area contributed by atoms with Gasteiger partial charge in [-0.15, -0.1) is 0 Å². The third-order valence-corrected chi connectivity index (χ3v) is 6.20. The lowest BCUT2D eigenvalue weighted by atomic mass is 10.0. The maximum absolute atomic E-state index is 13.4. The maximum Gasteiger partial charge on any atom is 0.255 e. The second-order valence-electron chi connectivity index (χ2n) is 8.72. The van der Waals surface area contributed by atoms with Crippen molar-refractivity contribution in [1.82, 2.24) is 20.2 Å². The second kappa shape index (κ2) is 11.4. The fourth-order valence-electron chi connectivity index (χ4n) is 4.11. The molecular weight excluding hydrogens is 459 g/mol. The van der Waals surface area contributed by atoms with Crippen LogP contribution in [-0.2, 0) is 0 Å². The largest absolute Gasteiger partial charge is 0.356 e. The number of nitriles is 1. The van der Waals surface area contributed by atoms with Crippen LogP contribution in [0.5, 0.6) is 0 Å². The molecule has 0 bridgehead atoms. The van der Waals surface area contributed by atoms with Crippen molar-refractivity contribution in [2.75, 3.05) is 31.6 Å². The molecule has 0 radical (unpaired) electrons. The second-order valence-corrected chi connectivity index (χ2v) is 8.72. The molecule has 36 heavy (non-hydrogen) atoms. The van der Waals surface area contributed by atoms with Gasteiger partial charge in [-0.25, -0.2) is 9.37 Å². The van der Waals surface area contributed by atoms with E-state index in [2.05, 4.69) is 20.2 Å². The number of pyridine rings is 2. The van der Waals surface area contributed by atoms with Gasteiger partial charge in [0.2, 0.25) is 0 Å². The Morgan fingerprint density at radius 3 is 2.50 bits per heavy atom. The zero-order valence-electron chi connectivity index (χ0n) is 20.0. The molecule has 2 amide bonds. The Labute approximate surface area is 209 Å². The molecule has 1 aromatic carbocycles. The number of rotatable bonds is 7. The van der Waals surface area contributed by atoms with Gasteiger partial charge in [-0.3, -0.25) is 14.6 Å². The van der Waals surface area contributed by atoms with E-state index in [9.17, 15) is 14.0 Å². The monoisotopic (exact) mass is 486 g/mol. The molecule has 3 heterocycles. The Balaban J connectivity index is 1.28. The molecule has 2 aromatic heterocycles. The minimum absolute atomic E-state index is 0.0336. The SMILES string of the molecule is CN(CCC#N)C(=O)c1ccc(N2CCC(NC(=O)c3ccc(-c4cccc(F)c4)nc3)CC2)nc1. The molecule has 0 atom stereocenters. The number of halogens is 1. The van der Waals surface area contributed by atoms with E-state index in [1.54, 1.807) is 43.6 Å². The Morgan fingerprint density at radius 1 is 1.11 bits per heavy atom. The molecule has 1 fully saturated rings. The van der Waals surface area contributed by atoms with E-state index in [0.717, 1.165) is 31.7 Å². The van der Waals surface area contributed by atoms with Gasteiger partial charge in [0.25, 0.3) is 11.8 Å². The fraction of sp³-hybridized carbons (Fsp3) is 0.296. The maximum atomic E-state index is 13.4. The Hall–Kier alpha value is -4.32. The van der Waals surface area contributed by atoms with Gasteiger partial charge < -0.3 is 15.1 Å². The van der Waals surface area contributed by atoms with Crippen molar-refractivity contribution in [3.8, 4) is 17.3 Å². The first kappa shape index (κ1) is 24.8. The van der Waals surface area contributed by atoms with E-state index in [1.807, 2.05) is 12.1 Å². The van der Waals surface area contributed by atoms with Gasteiger partial charge in [0.15, 0.2) is 0 Å². The molecule has 1 aliphatic rings. The smallest absolute Gasteiger partial charge is 0.255 e. The van der Waals surface area contributed by atoms with Crippen molar-refractivity contribution in [3.05, 3.63) is 77.9 Å². The molecule has 1 saturated heterocycles. The number of nitrogens with zero attached hydrogens (tertiary/aromatic N) is 5. The van der Waals surface area contributed by atoms with Gasteiger partial charge in [-0.1, -0.05) is 12.1 Å². The van der Waals surface area contributed by atoms with Crippen LogP contribution in [0.15, 0.2) is 60.9 Å². The Kier molecular flexibility index (Phi) is 7.85. The van der Waals surface area contributed by atoms with Crippen LogP contribution in [0, 0.1) is 17.1 Å². The highest BCUT2D eigenvalue weighted by atomic mass is 19.1. The minimum Gasteiger partial charge on any atom is -0.356 e. The average molecular weight is 487 g/mol. The summed E-state index contributed by atoms with van der Waals surface area (Å²) in [5, 5.41) is 11.8. The third-order valence-electron chi connectivity index (χ3n) is 6.20. The lowest BCUT2D eigenvalue weighted by Crippen LogP contribution is -2.45. The molecule has 0 unspecified atom stereocenters. The van der Waals surface area contributed by atoms with Crippen LogP contribution in [0.1, 0.15) is 40.0 Å². The van der Waals surface area contributed by atoms with Crippen molar-refractivity contribution >= 4 is 17.6 Å². The Morgan fingerprint density at radius 2 is 1.86 bits per heavy atom. The molecule has 0 aliphatic carbocycles. The summed E-state index contributed by atoms with van der Waals surface area (Å²) >= 11 is 0. The number of aromatic nitrogens is 2. The fourth-order valence-corrected chi connectivity index (χ4v) is 4.11. The first-order valence-corrected chi connectivity index (χ1v) is 11.8. The topological polar surface area (TPSA) is 102 Å². The van der Waals surface area contributed by atoms with Crippen molar-refractivity contribution in [2.24, 2.45) is 0 Å². The van der Waals surface area contributed by atoms with Gasteiger partial charge in [0.05, 0.1) is 29.3 Å². The van der Waals surface area contributed by atoms with Crippen LogP contribution in [0.25, 0.3) is 11.3 Å². The summed E-state index contributed by atoms with van der Waals surface area (Å²) in [5.41, 5.74) is 2.21. The predicted molar refractivity (Wildman–Crippen MR) is 134 cm³/mol. The molecular formula is C27H27FN6O2. The minimum atomic E-state index is -0.332. The summed E-state index contributed by atoms with van der Waals surface area (Å²) in [7, 11) is 1.67. The number of amides is 2. The Bertz CT molecular complexity index is 1250. The quantitative estimate of drug-likeness (QED) is 0.547. The molecule has 184 valence electrons. The number of nitrogens with one attached hydrogen (secondary N) is 1. The number of benzene rings is 1. The lowest BCUT2D eigenvalue weighted by Gasteiger charge is -2.33. The van der Waals surface area contributed by atoms with Crippen molar-refractivity contribution in [1.29, 1.82) is 5.26 Å². The number of carbonyl (C=O) groups is 2. The molecule has 4 rings (SSSR count). The van der Waals surface area contributed by atoms with Crippen LogP contribution in [0.3, 0.4) is 0 Å².